The molecule has 0 aromatic heterocycles. The van der Waals surface area contributed by atoms with E-state index in [0.29, 0.717) is 30.9 Å². The zero-order valence-electron chi connectivity index (χ0n) is 22.4. The van der Waals surface area contributed by atoms with E-state index in [9.17, 15) is 14.0 Å². The van der Waals surface area contributed by atoms with Gasteiger partial charge in [0.25, 0.3) is 0 Å². The lowest BCUT2D eigenvalue weighted by molar-refractivity contribution is -0.141. The van der Waals surface area contributed by atoms with Crippen molar-refractivity contribution in [2.24, 2.45) is 0 Å². The standard InChI is InChI=1S/C31H37FN2O4/c1-4-5-19-33-31(36)27(20-23-9-7-6-8-10-23)34(22-25-11-15-26(32)16-12-25)30(35)18-14-24-13-17-28(37-2)29(21-24)38-3/h6-13,15-17,21,27H,4-5,14,18-20,22H2,1-3H3,(H,33,36)/t27-/m1/s1. The molecule has 3 aromatic carbocycles. The molecule has 0 heterocycles. The minimum atomic E-state index is -0.711. The second-order valence-electron chi connectivity index (χ2n) is 9.19. The Hall–Kier alpha value is -3.87. The first kappa shape index (κ1) is 28.7. The highest BCUT2D eigenvalue weighted by Crippen LogP contribution is 2.28. The first-order valence-electron chi connectivity index (χ1n) is 13.0. The molecule has 1 atom stereocenters. The molecule has 7 heteroatoms. The van der Waals surface area contributed by atoms with E-state index in [4.69, 9.17) is 9.47 Å². The van der Waals surface area contributed by atoms with Crippen LogP contribution in [-0.2, 0) is 29.0 Å². The van der Waals surface area contributed by atoms with E-state index < -0.39 is 6.04 Å². The normalized spacial score (nSPS) is 11.5. The Labute approximate surface area is 224 Å². The Balaban J connectivity index is 1.88. The highest BCUT2D eigenvalue weighted by molar-refractivity contribution is 5.88. The van der Waals surface area contributed by atoms with Gasteiger partial charge in [0.05, 0.1) is 14.2 Å². The van der Waals surface area contributed by atoms with Crippen LogP contribution in [0, 0.1) is 5.82 Å². The highest BCUT2D eigenvalue weighted by atomic mass is 19.1. The van der Waals surface area contributed by atoms with Crippen LogP contribution in [0.3, 0.4) is 0 Å². The number of hydrogen-bond donors (Lipinski definition) is 1. The lowest BCUT2D eigenvalue weighted by atomic mass is 10.0. The number of aryl methyl sites for hydroxylation is 1. The Morgan fingerprint density at radius 3 is 2.24 bits per heavy atom. The number of hydrogen-bond acceptors (Lipinski definition) is 4. The molecule has 0 aliphatic rings. The summed E-state index contributed by atoms with van der Waals surface area (Å²) in [7, 11) is 3.15. The Kier molecular flexibility index (Phi) is 11.1. The van der Waals surface area contributed by atoms with Crippen LogP contribution in [0.5, 0.6) is 11.5 Å². The number of rotatable bonds is 14. The van der Waals surface area contributed by atoms with Crippen LogP contribution in [0.4, 0.5) is 4.39 Å². The van der Waals surface area contributed by atoms with E-state index in [0.717, 1.165) is 29.5 Å². The predicted molar refractivity (Wildman–Crippen MR) is 147 cm³/mol. The van der Waals surface area contributed by atoms with Crippen molar-refractivity contribution in [3.05, 3.63) is 95.3 Å². The number of halogens is 1. The summed E-state index contributed by atoms with van der Waals surface area (Å²) in [5.41, 5.74) is 2.63. The summed E-state index contributed by atoms with van der Waals surface area (Å²) in [5, 5.41) is 3.01. The van der Waals surface area contributed by atoms with Gasteiger partial charge in [-0.25, -0.2) is 4.39 Å². The molecule has 3 aromatic rings. The molecule has 0 unspecified atom stereocenters. The molecule has 0 aliphatic heterocycles. The fourth-order valence-electron chi connectivity index (χ4n) is 4.28. The maximum Gasteiger partial charge on any atom is 0.243 e. The van der Waals surface area contributed by atoms with Gasteiger partial charge in [-0.15, -0.1) is 0 Å². The number of benzene rings is 3. The van der Waals surface area contributed by atoms with Gasteiger partial charge in [-0.1, -0.05) is 61.9 Å². The number of carbonyl (C=O) groups excluding carboxylic acids is 2. The molecule has 0 saturated carbocycles. The molecule has 2 amide bonds. The van der Waals surface area contributed by atoms with Crippen LogP contribution < -0.4 is 14.8 Å². The summed E-state index contributed by atoms with van der Waals surface area (Å²) < 4.78 is 24.3. The Morgan fingerprint density at radius 2 is 1.58 bits per heavy atom. The number of amides is 2. The maximum atomic E-state index is 13.7. The first-order valence-corrected chi connectivity index (χ1v) is 13.0. The van der Waals surface area contributed by atoms with E-state index in [-0.39, 0.29) is 30.6 Å². The van der Waals surface area contributed by atoms with Gasteiger partial charge in [-0.3, -0.25) is 9.59 Å². The number of carbonyl (C=O) groups is 2. The van der Waals surface area contributed by atoms with E-state index in [1.54, 1.807) is 31.3 Å². The summed E-state index contributed by atoms with van der Waals surface area (Å²) in [6, 6.07) is 20.6. The number of unbranched alkanes of at least 4 members (excludes halogenated alkanes) is 1. The van der Waals surface area contributed by atoms with Crippen molar-refractivity contribution in [3.8, 4) is 11.5 Å². The largest absolute Gasteiger partial charge is 0.493 e. The van der Waals surface area contributed by atoms with Crippen LogP contribution in [0.25, 0.3) is 0 Å². The van der Waals surface area contributed by atoms with Gasteiger partial charge in [-0.05, 0) is 53.8 Å². The smallest absolute Gasteiger partial charge is 0.243 e. The zero-order valence-corrected chi connectivity index (χ0v) is 22.4. The fourth-order valence-corrected chi connectivity index (χ4v) is 4.28. The molecule has 202 valence electrons. The molecular formula is C31H37FN2O4. The number of nitrogens with one attached hydrogen (secondary N) is 1. The quantitative estimate of drug-likeness (QED) is 0.292. The topological polar surface area (TPSA) is 67.9 Å². The lowest BCUT2D eigenvalue weighted by Crippen LogP contribution is -2.50. The molecule has 1 N–H and O–H groups in total. The van der Waals surface area contributed by atoms with Crippen molar-refractivity contribution >= 4 is 11.8 Å². The van der Waals surface area contributed by atoms with E-state index in [1.807, 2.05) is 48.5 Å². The molecule has 6 nitrogen and oxygen atoms in total. The third kappa shape index (κ3) is 8.33. The second kappa shape index (κ2) is 14.8. The summed E-state index contributed by atoms with van der Waals surface area (Å²) in [4.78, 5) is 28.8. The van der Waals surface area contributed by atoms with Crippen LogP contribution in [0.15, 0.2) is 72.8 Å². The third-order valence-corrected chi connectivity index (χ3v) is 6.44. The van der Waals surface area contributed by atoms with Gasteiger partial charge in [0.1, 0.15) is 11.9 Å². The minimum Gasteiger partial charge on any atom is -0.493 e. The average molecular weight is 521 g/mol. The van der Waals surface area contributed by atoms with Gasteiger partial charge >= 0.3 is 0 Å². The average Bonchev–Trinajstić information content (AvgIpc) is 2.95. The van der Waals surface area contributed by atoms with Crippen LogP contribution in [-0.4, -0.2) is 43.5 Å². The predicted octanol–water partition coefficient (Wildman–Crippen LogP) is 5.33. The van der Waals surface area contributed by atoms with Crippen LogP contribution in [0.1, 0.15) is 42.9 Å². The van der Waals surface area contributed by atoms with Gasteiger partial charge < -0.3 is 19.7 Å². The monoisotopic (exact) mass is 520 g/mol. The number of nitrogens with zero attached hydrogens (tertiary/aromatic N) is 1. The lowest BCUT2D eigenvalue weighted by Gasteiger charge is -2.31. The molecule has 0 saturated heterocycles. The molecular weight excluding hydrogens is 483 g/mol. The number of ether oxygens (including phenoxy) is 2. The van der Waals surface area contributed by atoms with Gasteiger partial charge in [0.2, 0.25) is 11.8 Å². The molecule has 0 fully saturated rings. The van der Waals surface area contributed by atoms with Gasteiger partial charge in [-0.2, -0.15) is 0 Å². The number of methoxy groups -OCH3 is 2. The second-order valence-corrected chi connectivity index (χ2v) is 9.19. The molecule has 0 bridgehead atoms. The van der Waals surface area contributed by atoms with Gasteiger partial charge in [0.15, 0.2) is 11.5 Å². The van der Waals surface area contributed by atoms with Crippen molar-refractivity contribution < 1.29 is 23.5 Å². The fraction of sp³-hybridized carbons (Fsp3) is 0.355. The van der Waals surface area contributed by atoms with Crippen molar-refractivity contribution in [3.63, 3.8) is 0 Å². The molecule has 3 rings (SSSR count). The van der Waals surface area contributed by atoms with Crippen molar-refractivity contribution in [2.75, 3.05) is 20.8 Å². The highest BCUT2D eigenvalue weighted by Gasteiger charge is 2.30. The Morgan fingerprint density at radius 1 is 0.895 bits per heavy atom. The summed E-state index contributed by atoms with van der Waals surface area (Å²) in [6.45, 7) is 2.81. The van der Waals surface area contributed by atoms with E-state index in [2.05, 4.69) is 12.2 Å². The summed E-state index contributed by atoms with van der Waals surface area (Å²) in [5.74, 6) is 0.517. The molecule has 38 heavy (non-hydrogen) atoms. The van der Waals surface area contributed by atoms with E-state index in [1.165, 1.54) is 12.1 Å². The molecule has 0 aliphatic carbocycles. The maximum absolute atomic E-state index is 13.7. The molecule has 0 spiro atoms. The first-order chi connectivity index (χ1) is 18.4. The van der Waals surface area contributed by atoms with Crippen molar-refractivity contribution in [1.29, 1.82) is 0 Å². The van der Waals surface area contributed by atoms with Crippen LogP contribution >= 0.6 is 0 Å². The van der Waals surface area contributed by atoms with E-state index >= 15 is 0 Å². The van der Waals surface area contributed by atoms with Crippen molar-refractivity contribution in [1.82, 2.24) is 10.2 Å². The van der Waals surface area contributed by atoms with Crippen LogP contribution in [0.2, 0.25) is 0 Å². The summed E-state index contributed by atoms with van der Waals surface area (Å²) in [6.07, 6.45) is 2.85. The van der Waals surface area contributed by atoms with Crippen molar-refractivity contribution in [2.45, 2.75) is 51.6 Å². The summed E-state index contributed by atoms with van der Waals surface area (Å²) >= 11 is 0. The van der Waals surface area contributed by atoms with Gasteiger partial charge in [0, 0.05) is 25.9 Å². The Bertz CT molecular complexity index is 1170. The molecule has 0 radical (unpaired) electrons. The SMILES string of the molecule is CCCCNC(=O)[C@@H](Cc1ccccc1)N(Cc1ccc(F)cc1)C(=O)CCc1ccc(OC)c(OC)c1. The zero-order chi connectivity index (χ0) is 27.3. The third-order valence-electron chi connectivity index (χ3n) is 6.44. The minimum absolute atomic E-state index is 0.157.